The van der Waals surface area contributed by atoms with E-state index in [0.29, 0.717) is 0 Å². The van der Waals surface area contributed by atoms with Crippen molar-refractivity contribution in [3.8, 4) is 11.1 Å². The van der Waals surface area contributed by atoms with E-state index >= 15 is 0 Å². The molecular formula is C46H40N2O4. The van der Waals surface area contributed by atoms with Gasteiger partial charge in [-0.15, -0.1) is 0 Å². The number of aryl methyl sites for hydroxylation is 2. The summed E-state index contributed by atoms with van der Waals surface area (Å²) in [6.45, 7) is 4.08. The third-order valence-corrected chi connectivity index (χ3v) is 8.84. The number of hydrogen-bond acceptors (Lipinski definition) is 6. The summed E-state index contributed by atoms with van der Waals surface area (Å²) in [5.41, 5.74) is 12.4. The van der Waals surface area contributed by atoms with Crippen LogP contribution in [0.1, 0.15) is 22.3 Å². The first-order chi connectivity index (χ1) is 25.3. The van der Waals surface area contributed by atoms with E-state index in [2.05, 4.69) is 107 Å². The fraction of sp³-hybridized carbons (Fsp3) is 0.0870. The van der Waals surface area contributed by atoms with Gasteiger partial charge in [0.15, 0.2) is 0 Å². The molecule has 6 aromatic carbocycles. The van der Waals surface area contributed by atoms with Crippen LogP contribution >= 0.6 is 0 Å². The Kier molecular flexibility index (Phi) is 11.1. The average molecular weight is 685 g/mol. The van der Waals surface area contributed by atoms with Crippen molar-refractivity contribution in [1.29, 1.82) is 0 Å². The van der Waals surface area contributed by atoms with Crippen LogP contribution in [0.4, 0.5) is 34.1 Å². The third kappa shape index (κ3) is 8.20. The lowest BCUT2D eigenvalue weighted by Crippen LogP contribution is -2.10. The highest BCUT2D eigenvalue weighted by Crippen LogP contribution is 2.39. The summed E-state index contributed by atoms with van der Waals surface area (Å²) in [6.07, 6.45) is 6.43. The number of esters is 2. The molecule has 0 N–H and O–H groups in total. The Hall–Kier alpha value is -6.66. The summed E-state index contributed by atoms with van der Waals surface area (Å²) in [5.74, 6) is -0.768. The van der Waals surface area contributed by atoms with Crippen LogP contribution in [0.25, 0.3) is 23.3 Å². The van der Waals surface area contributed by atoms with Crippen molar-refractivity contribution in [1.82, 2.24) is 0 Å². The molecule has 258 valence electrons. The van der Waals surface area contributed by atoms with Gasteiger partial charge in [-0.05, 0) is 132 Å². The van der Waals surface area contributed by atoms with Gasteiger partial charge in [0.1, 0.15) is 0 Å². The second kappa shape index (κ2) is 16.4. The van der Waals surface area contributed by atoms with Gasteiger partial charge >= 0.3 is 11.9 Å². The zero-order valence-electron chi connectivity index (χ0n) is 29.7. The highest BCUT2D eigenvalue weighted by Gasteiger charge is 2.16. The highest BCUT2D eigenvalue weighted by atomic mass is 16.5. The lowest BCUT2D eigenvalue weighted by Gasteiger charge is -2.27. The second-order valence-corrected chi connectivity index (χ2v) is 12.2. The Morgan fingerprint density at radius 1 is 0.442 bits per heavy atom. The summed E-state index contributed by atoms with van der Waals surface area (Å²) < 4.78 is 9.52. The molecule has 0 aromatic heterocycles. The molecule has 6 aromatic rings. The quantitative estimate of drug-likeness (QED) is 0.1000. The summed E-state index contributed by atoms with van der Waals surface area (Å²) >= 11 is 0. The fourth-order valence-electron chi connectivity index (χ4n) is 6.08. The van der Waals surface area contributed by atoms with E-state index in [1.807, 2.05) is 62.4 Å². The number of carbonyl (C=O) groups excluding carboxylic acids is 2. The van der Waals surface area contributed by atoms with Crippen molar-refractivity contribution >= 4 is 58.2 Å². The molecule has 0 aliphatic heterocycles. The molecule has 0 saturated heterocycles. The predicted octanol–water partition coefficient (Wildman–Crippen LogP) is 11.3. The number of ether oxygens (including phenoxy) is 2. The monoisotopic (exact) mass is 684 g/mol. The van der Waals surface area contributed by atoms with Crippen molar-refractivity contribution in [2.24, 2.45) is 0 Å². The lowest BCUT2D eigenvalue weighted by molar-refractivity contribution is -0.135. The van der Waals surface area contributed by atoms with Gasteiger partial charge in [0.25, 0.3) is 0 Å². The highest BCUT2D eigenvalue weighted by molar-refractivity contribution is 5.89. The molecule has 0 atom stereocenters. The van der Waals surface area contributed by atoms with Crippen LogP contribution in [0, 0.1) is 13.8 Å². The van der Waals surface area contributed by atoms with Crippen molar-refractivity contribution in [2.45, 2.75) is 13.8 Å². The van der Waals surface area contributed by atoms with Gasteiger partial charge in [-0.25, -0.2) is 9.59 Å². The van der Waals surface area contributed by atoms with E-state index in [0.717, 1.165) is 67.5 Å². The molecule has 0 aliphatic rings. The summed E-state index contributed by atoms with van der Waals surface area (Å²) in [7, 11) is 2.75. The maximum absolute atomic E-state index is 11.7. The second-order valence-electron chi connectivity index (χ2n) is 12.2. The molecule has 0 radical (unpaired) electrons. The van der Waals surface area contributed by atoms with Crippen molar-refractivity contribution in [3.05, 3.63) is 180 Å². The maximum Gasteiger partial charge on any atom is 0.330 e. The van der Waals surface area contributed by atoms with E-state index in [9.17, 15) is 9.59 Å². The SMILES string of the molecule is COC(=O)C=Cc1ccc(N(c2ccccc2)c2ccc(-c3ccc(N(c4ccccc4)c4ccc(C=CC(=O)OC)c(C)c4)cc3)cc2)cc1C. The van der Waals surface area contributed by atoms with Gasteiger partial charge < -0.3 is 19.3 Å². The van der Waals surface area contributed by atoms with E-state index < -0.39 is 0 Å². The lowest BCUT2D eigenvalue weighted by atomic mass is 10.0. The van der Waals surface area contributed by atoms with Gasteiger partial charge in [-0.1, -0.05) is 72.8 Å². The predicted molar refractivity (Wildman–Crippen MR) is 213 cm³/mol. The molecular weight excluding hydrogens is 645 g/mol. The Balaban J connectivity index is 1.29. The molecule has 0 saturated carbocycles. The molecule has 0 bridgehead atoms. The molecule has 0 unspecified atom stereocenters. The summed E-state index contributed by atoms with van der Waals surface area (Å²) in [5, 5.41) is 0. The standard InChI is InChI=1S/C46H40N2O4/c1-33-31-43(27-15-35(33)21-29-45(49)51-3)47(39-11-7-5-8-12-39)41-23-17-37(18-24-41)38-19-25-42(26-20-38)48(40-13-9-6-10-14-40)44-28-16-36(34(2)32-44)22-30-46(50)52-4/h5-32H,1-4H3. The third-order valence-electron chi connectivity index (χ3n) is 8.84. The topological polar surface area (TPSA) is 59.1 Å². The first-order valence-electron chi connectivity index (χ1n) is 17.0. The normalized spacial score (nSPS) is 11.1. The number of para-hydroxylation sites is 2. The van der Waals surface area contributed by atoms with Crippen LogP contribution < -0.4 is 9.80 Å². The number of carbonyl (C=O) groups is 2. The van der Waals surface area contributed by atoms with Crippen LogP contribution in [0.3, 0.4) is 0 Å². The number of hydrogen-bond donors (Lipinski definition) is 0. The van der Waals surface area contributed by atoms with Crippen LogP contribution in [0.5, 0.6) is 0 Å². The van der Waals surface area contributed by atoms with Gasteiger partial charge in [0.05, 0.1) is 14.2 Å². The maximum atomic E-state index is 11.7. The molecule has 0 heterocycles. The Morgan fingerprint density at radius 3 is 1.10 bits per heavy atom. The molecule has 52 heavy (non-hydrogen) atoms. The molecule has 0 fully saturated rings. The van der Waals surface area contributed by atoms with Crippen LogP contribution in [-0.2, 0) is 19.1 Å². The largest absolute Gasteiger partial charge is 0.466 e. The number of methoxy groups -OCH3 is 2. The van der Waals surface area contributed by atoms with Crippen molar-refractivity contribution < 1.29 is 19.1 Å². The Bertz CT molecular complexity index is 2050. The first-order valence-corrected chi connectivity index (χ1v) is 17.0. The van der Waals surface area contributed by atoms with E-state index in [4.69, 9.17) is 9.47 Å². The molecule has 0 aliphatic carbocycles. The number of benzene rings is 6. The molecule has 6 nitrogen and oxygen atoms in total. The Labute approximate surface area is 305 Å². The summed E-state index contributed by atoms with van der Waals surface area (Å²) in [6, 6.07) is 50.2. The number of anilines is 6. The van der Waals surface area contributed by atoms with Gasteiger partial charge in [0, 0.05) is 46.3 Å². The van der Waals surface area contributed by atoms with Crippen LogP contribution in [0.2, 0.25) is 0 Å². The minimum Gasteiger partial charge on any atom is -0.466 e. The molecule has 0 spiro atoms. The van der Waals surface area contributed by atoms with Crippen molar-refractivity contribution in [2.75, 3.05) is 24.0 Å². The molecule has 6 rings (SSSR count). The average Bonchev–Trinajstić information content (AvgIpc) is 3.18. The van der Waals surface area contributed by atoms with E-state index in [1.165, 1.54) is 26.4 Å². The zero-order chi connectivity index (χ0) is 36.5. The van der Waals surface area contributed by atoms with Gasteiger partial charge in [-0.3, -0.25) is 0 Å². The fourth-order valence-corrected chi connectivity index (χ4v) is 6.08. The minimum absolute atomic E-state index is 0.384. The van der Waals surface area contributed by atoms with Crippen molar-refractivity contribution in [3.63, 3.8) is 0 Å². The Morgan fingerprint density at radius 2 is 0.769 bits per heavy atom. The van der Waals surface area contributed by atoms with E-state index in [-0.39, 0.29) is 11.9 Å². The van der Waals surface area contributed by atoms with E-state index in [1.54, 1.807) is 12.2 Å². The summed E-state index contributed by atoms with van der Waals surface area (Å²) in [4.78, 5) is 27.8. The first kappa shape index (κ1) is 35.2. The van der Waals surface area contributed by atoms with Gasteiger partial charge in [0.2, 0.25) is 0 Å². The number of rotatable bonds is 11. The zero-order valence-corrected chi connectivity index (χ0v) is 29.7. The molecule has 0 amide bonds. The smallest absolute Gasteiger partial charge is 0.330 e. The van der Waals surface area contributed by atoms with Gasteiger partial charge in [-0.2, -0.15) is 0 Å². The van der Waals surface area contributed by atoms with Crippen LogP contribution in [-0.4, -0.2) is 26.2 Å². The minimum atomic E-state index is -0.384. The van der Waals surface area contributed by atoms with Crippen LogP contribution in [0.15, 0.2) is 158 Å². The number of nitrogens with zero attached hydrogens (tertiary/aromatic N) is 2. The molecule has 6 heteroatoms.